The van der Waals surface area contributed by atoms with Gasteiger partial charge in [0.2, 0.25) is 10.8 Å². The number of hydrogen-bond acceptors (Lipinski definition) is 6. The van der Waals surface area contributed by atoms with Gasteiger partial charge in [0.05, 0.1) is 27.3 Å². The van der Waals surface area contributed by atoms with Crippen LogP contribution in [0.2, 0.25) is 0 Å². The summed E-state index contributed by atoms with van der Waals surface area (Å²) in [6.45, 7) is 4.17. The Bertz CT molecular complexity index is 962. The number of aryl methyl sites for hydroxylation is 1. The number of aromatic nitrogens is 3. The van der Waals surface area contributed by atoms with Gasteiger partial charge in [-0.15, -0.1) is 5.10 Å². The van der Waals surface area contributed by atoms with Crippen molar-refractivity contribution in [1.82, 2.24) is 14.6 Å². The number of hydrogen-bond donors (Lipinski definition) is 2. The molecule has 4 rings (SSSR count). The summed E-state index contributed by atoms with van der Waals surface area (Å²) in [7, 11) is 3.29. The van der Waals surface area contributed by atoms with Gasteiger partial charge in [-0.1, -0.05) is 18.3 Å². The van der Waals surface area contributed by atoms with Crippen molar-refractivity contribution in [2.75, 3.05) is 27.3 Å². The molecule has 1 aromatic carbocycles. The van der Waals surface area contributed by atoms with E-state index >= 15 is 0 Å². The van der Waals surface area contributed by atoms with E-state index in [2.05, 4.69) is 16.1 Å². The van der Waals surface area contributed by atoms with Crippen LogP contribution in [0.15, 0.2) is 18.2 Å². The molecule has 8 heteroatoms. The third-order valence-electron chi connectivity index (χ3n) is 5.47. The van der Waals surface area contributed by atoms with Crippen molar-refractivity contribution < 1.29 is 19.5 Å². The van der Waals surface area contributed by atoms with Gasteiger partial charge in [0.1, 0.15) is 4.88 Å². The van der Waals surface area contributed by atoms with E-state index in [9.17, 15) is 5.11 Å². The molecule has 0 saturated carbocycles. The van der Waals surface area contributed by atoms with Gasteiger partial charge in [0.15, 0.2) is 23.4 Å². The second kappa shape index (κ2) is 7.97. The highest BCUT2D eigenvalue weighted by atomic mass is 32.1. The van der Waals surface area contributed by atoms with Crippen molar-refractivity contribution in [2.24, 2.45) is 0 Å². The zero-order valence-electron chi connectivity index (χ0n) is 16.6. The molecule has 1 saturated heterocycles. The number of rotatable bonds is 6. The Morgan fingerprint density at radius 1 is 1.18 bits per heavy atom. The predicted octanol–water partition coefficient (Wildman–Crippen LogP) is 2.23. The van der Waals surface area contributed by atoms with Crippen LogP contribution in [-0.2, 0) is 6.42 Å². The molecular formula is C20H27N4O3S+. The zero-order chi connectivity index (χ0) is 19.7. The molecule has 2 N–H and O–H groups in total. The lowest BCUT2D eigenvalue weighted by atomic mass is 10.00. The third kappa shape index (κ3) is 3.31. The molecule has 3 heterocycles. The second-order valence-electron chi connectivity index (χ2n) is 7.13. The summed E-state index contributed by atoms with van der Waals surface area (Å²) in [5, 5.41) is 15.4. The Labute approximate surface area is 168 Å². The molecule has 0 spiro atoms. The molecule has 1 aliphatic rings. The molecular weight excluding hydrogens is 376 g/mol. The quantitative estimate of drug-likeness (QED) is 0.660. The van der Waals surface area contributed by atoms with Crippen molar-refractivity contribution in [1.29, 1.82) is 0 Å². The number of piperidine rings is 1. The number of quaternary nitrogens is 1. The van der Waals surface area contributed by atoms with E-state index in [-0.39, 0.29) is 11.9 Å². The highest BCUT2D eigenvalue weighted by molar-refractivity contribution is 7.17. The maximum absolute atomic E-state index is 11.0. The highest BCUT2D eigenvalue weighted by Crippen LogP contribution is 2.38. The normalized spacial score (nSPS) is 16.4. The van der Waals surface area contributed by atoms with Crippen LogP contribution in [-0.4, -0.2) is 47.0 Å². The van der Waals surface area contributed by atoms with E-state index < -0.39 is 0 Å². The summed E-state index contributed by atoms with van der Waals surface area (Å²) in [6, 6.07) is 6.05. The Morgan fingerprint density at radius 3 is 2.57 bits per heavy atom. The third-order valence-corrected chi connectivity index (χ3v) is 6.55. The minimum atomic E-state index is 0.0127. The molecule has 3 aromatic rings. The Morgan fingerprint density at radius 2 is 1.93 bits per heavy atom. The largest absolute Gasteiger partial charge is 0.493 e. The van der Waals surface area contributed by atoms with Gasteiger partial charge in [0, 0.05) is 12.0 Å². The molecule has 0 radical (unpaired) electrons. The van der Waals surface area contributed by atoms with Crippen LogP contribution in [0.1, 0.15) is 48.5 Å². The average molecular weight is 404 g/mol. The van der Waals surface area contributed by atoms with Crippen molar-refractivity contribution in [3.8, 4) is 17.4 Å². The summed E-state index contributed by atoms with van der Waals surface area (Å²) in [4.78, 5) is 7.65. The second-order valence-corrected chi connectivity index (χ2v) is 8.14. The molecule has 0 aliphatic carbocycles. The van der Waals surface area contributed by atoms with E-state index in [0.717, 1.165) is 40.7 Å². The minimum Gasteiger partial charge on any atom is -0.493 e. The van der Waals surface area contributed by atoms with Gasteiger partial charge < -0.3 is 19.5 Å². The van der Waals surface area contributed by atoms with Gasteiger partial charge in [-0.05, 0) is 37.5 Å². The van der Waals surface area contributed by atoms with Crippen LogP contribution in [0.25, 0.3) is 4.96 Å². The van der Waals surface area contributed by atoms with Gasteiger partial charge in [0.25, 0.3) is 0 Å². The van der Waals surface area contributed by atoms with Crippen LogP contribution in [0.3, 0.4) is 0 Å². The summed E-state index contributed by atoms with van der Waals surface area (Å²) in [5.74, 6) is 2.36. The van der Waals surface area contributed by atoms with E-state index in [0.29, 0.717) is 11.5 Å². The Hall–Kier alpha value is -2.32. The molecule has 28 heavy (non-hydrogen) atoms. The molecule has 2 aromatic heterocycles. The predicted molar refractivity (Wildman–Crippen MR) is 108 cm³/mol. The van der Waals surface area contributed by atoms with Crippen LogP contribution in [0.5, 0.6) is 17.4 Å². The summed E-state index contributed by atoms with van der Waals surface area (Å²) in [6.07, 6.45) is 4.41. The minimum absolute atomic E-state index is 0.0127. The van der Waals surface area contributed by atoms with Crippen LogP contribution in [0.4, 0.5) is 0 Å². The molecule has 0 amide bonds. The van der Waals surface area contributed by atoms with Crippen molar-refractivity contribution in [3.05, 3.63) is 34.5 Å². The maximum Gasteiger partial charge on any atom is 0.235 e. The molecule has 0 bridgehead atoms. The van der Waals surface area contributed by atoms with E-state index in [1.165, 1.54) is 35.5 Å². The first kappa shape index (κ1) is 19.0. The van der Waals surface area contributed by atoms with Crippen molar-refractivity contribution in [2.45, 2.75) is 38.6 Å². The SMILES string of the molecule is CCc1nc2sc([C@@H](c3ccc(OC)c(OC)c3)[NH+]3CCCCC3)c(O)n2n1. The van der Waals surface area contributed by atoms with E-state index in [1.54, 1.807) is 18.7 Å². The number of methoxy groups -OCH3 is 2. The highest BCUT2D eigenvalue weighted by Gasteiger charge is 2.34. The monoisotopic (exact) mass is 403 g/mol. The number of fused-ring (bicyclic) bond motifs is 1. The summed E-state index contributed by atoms with van der Waals surface area (Å²) >= 11 is 1.53. The van der Waals surface area contributed by atoms with E-state index in [4.69, 9.17) is 9.47 Å². The van der Waals surface area contributed by atoms with Gasteiger partial charge >= 0.3 is 0 Å². The first-order valence-electron chi connectivity index (χ1n) is 9.80. The zero-order valence-corrected chi connectivity index (χ0v) is 17.4. The van der Waals surface area contributed by atoms with Crippen LogP contribution >= 0.6 is 11.3 Å². The molecule has 1 aliphatic heterocycles. The molecule has 0 unspecified atom stereocenters. The maximum atomic E-state index is 11.0. The van der Waals surface area contributed by atoms with Crippen LogP contribution < -0.4 is 14.4 Å². The fourth-order valence-corrected chi connectivity index (χ4v) is 5.19. The number of benzene rings is 1. The first-order chi connectivity index (χ1) is 13.7. The topological polar surface area (TPSA) is 73.3 Å². The number of ether oxygens (including phenoxy) is 2. The van der Waals surface area contributed by atoms with E-state index in [1.807, 2.05) is 19.1 Å². The Kier molecular flexibility index (Phi) is 5.41. The first-order valence-corrected chi connectivity index (χ1v) is 10.6. The fraction of sp³-hybridized carbons (Fsp3) is 0.500. The number of nitrogens with one attached hydrogen (secondary N) is 1. The molecule has 7 nitrogen and oxygen atoms in total. The van der Waals surface area contributed by atoms with Gasteiger partial charge in [-0.3, -0.25) is 0 Å². The fourth-order valence-electron chi connectivity index (χ4n) is 4.03. The lowest BCUT2D eigenvalue weighted by Gasteiger charge is -2.31. The lowest BCUT2D eigenvalue weighted by molar-refractivity contribution is -0.929. The number of likely N-dealkylation sites (tertiary alicyclic amines) is 1. The lowest BCUT2D eigenvalue weighted by Crippen LogP contribution is -3.13. The van der Waals surface area contributed by atoms with Crippen molar-refractivity contribution >= 4 is 16.3 Å². The molecule has 150 valence electrons. The number of thiazole rings is 1. The van der Waals surface area contributed by atoms with Crippen LogP contribution in [0, 0.1) is 0 Å². The smallest absolute Gasteiger partial charge is 0.235 e. The number of nitrogens with zero attached hydrogens (tertiary/aromatic N) is 3. The molecule has 1 fully saturated rings. The summed E-state index contributed by atoms with van der Waals surface area (Å²) in [5.41, 5.74) is 1.10. The standard InChI is InChI=1S/C20H26N4O3S/c1-4-16-21-20-24(22-16)19(25)18(28-20)17(23-10-6-5-7-11-23)13-8-9-14(26-2)15(12-13)27-3/h8-9,12,17,25H,4-7,10-11H2,1-3H3/p+1/t17-/m1/s1. The van der Waals surface area contributed by atoms with Crippen molar-refractivity contribution in [3.63, 3.8) is 0 Å². The van der Waals surface area contributed by atoms with Gasteiger partial charge in [-0.2, -0.15) is 4.52 Å². The Balaban J connectivity index is 1.82. The summed E-state index contributed by atoms with van der Waals surface area (Å²) < 4.78 is 12.5. The average Bonchev–Trinajstić information content (AvgIpc) is 3.28. The number of aromatic hydroxyl groups is 1. The van der Waals surface area contributed by atoms with Gasteiger partial charge in [-0.25, -0.2) is 4.98 Å². The molecule has 1 atom stereocenters.